The van der Waals surface area contributed by atoms with E-state index >= 15 is 0 Å². The molecule has 72 valence electrons. The van der Waals surface area contributed by atoms with Crippen LogP contribution in [0.25, 0.3) is 0 Å². The molecule has 0 unspecified atom stereocenters. The summed E-state index contributed by atoms with van der Waals surface area (Å²) in [5.41, 5.74) is 0. The van der Waals surface area contributed by atoms with Crippen LogP contribution in [-0.4, -0.2) is 39.1 Å². The highest BCUT2D eigenvalue weighted by atomic mass is 35.5. The molecule has 2 N–H and O–H groups in total. The zero-order valence-electron chi connectivity index (χ0n) is 6.72. The summed E-state index contributed by atoms with van der Waals surface area (Å²) in [6.45, 7) is 0.510. The Morgan fingerprint density at radius 2 is 2.31 bits per heavy atom. The molecule has 0 aromatic carbocycles. The van der Waals surface area contributed by atoms with Gasteiger partial charge in [0.2, 0.25) is 0 Å². The Balaban J connectivity index is 2.18. The van der Waals surface area contributed by atoms with E-state index in [0.717, 1.165) is 6.42 Å². The maximum atomic E-state index is 10.7. The Kier molecular flexibility index (Phi) is 1.83. The molecule has 2 fully saturated rings. The van der Waals surface area contributed by atoms with Crippen molar-refractivity contribution in [3.8, 4) is 0 Å². The summed E-state index contributed by atoms with van der Waals surface area (Å²) >= 11 is 5.63. The lowest BCUT2D eigenvalue weighted by Crippen LogP contribution is -2.41. The number of nitrogens with zero attached hydrogens (tertiary/aromatic N) is 2. The van der Waals surface area contributed by atoms with Crippen LogP contribution in [0.1, 0.15) is 6.42 Å². The Morgan fingerprint density at radius 3 is 2.85 bits per heavy atom. The third-order valence-corrected chi connectivity index (χ3v) is 3.03. The number of oxime groups is 1. The van der Waals surface area contributed by atoms with E-state index in [4.69, 9.17) is 21.9 Å². The number of piperidine rings is 1. The van der Waals surface area contributed by atoms with Gasteiger partial charge in [-0.1, -0.05) is 16.8 Å². The number of hydrogen-bond donors (Lipinski definition) is 2. The highest BCUT2D eigenvalue weighted by Crippen LogP contribution is 2.50. The molecule has 0 bridgehead atoms. The third kappa shape index (κ3) is 1.23. The number of halogens is 1. The lowest BCUT2D eigenvalue weighted by Gasteiger charge is -2.22. The minimum absolute atomic E-state index is 0.0209. The normalized spacial score (nSPS) is 37.5. The van der Waals surface area contributed by atoms with E-state index in [1.807, 2.05) is 0 Å². The van der Waals surface area contributed by atoms with Crippen molar-refractivity contribution in [1.29, 1.82) is 0 Å². The molecule has 0 radical (unpaired) electrons. The maximum Gasteiger partial charge on any atom is 0.407 e. The largest absolute Gasteiger partial charge is 0.465 e. The van der Waals surface area contributed by atoms with Crippen molar-refractivity contribution in [2.75, 3.05) is 6.54 Å². The Labute approximate surface area is 79.6 Å². The summed E-state index contributed by atoms with van der Waals surface area (Å²) < 4.78 is 0. The van der Waals surface area contributed by atoms with E-state index in [1.165, 1.54) is 4.90 Å². The third-order valence-electron chi connectivity index (χ3n) is 2.74. The molecule has 0 spiro atoms. The van der Waals surface area contributed by atoms with Crippen LogP contribution in [0.4, 0.5) is 4.79 Å². The van der Waals surface area contributed by atoms with E-state index in [2.05, 4.69) is 5.16 Å². The van der Waals surface area contributed by atoms with Crippen LogP contribution in [0.15, 0.2) is 5.16 Å². The molecule has 1 aliphatic carbocycles. The topological polar surface area (TPSA) is 73.1 Å². The number of likely N-dealkylation sites (tertiary alicyclic amines) is 1. The fraction of sp³-hybridized carbons (Fsp3) is 0.714. The molecule has 0 aromatic rings. The number of amides is 1. The lowest BCUT2D eigenvalue weighted by atomic mass is 10.2. The summed E-state index contributed by atoms with van der Waals surface area (Å²) in [4.78, 5) is 12.0. The molecule has 2 rings (SSSR count). The van der Waals surface area contributed by atoms with Crippen molar-refractivity contribution in [2.24, 2.45) is 17.0 Å². The second kappa shape index (κ2) is 2.77. The van der Waals surface area contributed by atoms with Crippen LogP contribution in [-0.2, 0) is 0 Å². The number of carbonyl (C=O) groups is 1. The van der Waals surface area contributed by atoms with Gasteiger partial charge < -0.3 is 10.3 Å². The van der Waals surface area contributed by atoms with Crippen molar-refractivity contribution in [2.45, 2.75) is 12.5 Å². The Morgan fingerprint density at radius 1 is 1.62 bits per heavy atom. The van der Waals surface area contributed by atoms with Gasteiger partial charge in [0, 0.05) is 6.54 Å². The highest BCUT2D eigenvalue weighted by Gasteiger charge is 2.56. The maximum absolute atomic E-state index is 10.7. The van der Waals surface area contributed by atoms with Gasteiger partial charge in [-0.15, -0.1) is 0 Å². The van der Waals surface area contributed by atoms with E-state index in [9.17, 15) is 4.79 Å². The molecule has 1 saturated carbocycles. The van der Waals surface area contributed by atoms with Gasteiger partial charge in [0.05, 0.1) is 6.04 Å². The molecule has 2 aliphatic rings. The molecule has 1 saturated heterocycles. The van der Waals surface area contributed by atoms with Crippen molar-refractivity contribution < 1.29 is 15.1 Å². The molecule has 6 heteroatoms. The Bertz CT molecular complexity index is 281. The fourth-order valence-electron chi connectivity index (χ4n) is 2.03. The number of fused-ring (bicyclic) bond motifs is 1. The minimum atomic E-state index is -1.00. The fourth-order valence-corrected chi connectivity index (χ4v) is 2.31. The molecule has 1 aliphatic heterocycles. The molecular formula is C7H9ClN2O3. The summed E-state index contributed by atoms with van der Waals surface area (Å²) in [6, 6.07) is -0.422. The van der Waals surface area contributed by atoms with Crippen LogP contribution in [0.3, 0.4) is 0 Å². The smallest absolute Gasteiger partial charge is 0.407 e. The van der Waals surface area contributed by atoms with E-state index < -0.39 is 12.1 Å². The van der Waals surface area contributed by atoms with Gasteiger partial charge >= 0.3 is 6.09 Å². The molecular weight excluding hydrogens is 196 g/mol. The number of rotatable bonds is 1. The van der Waals surface area contributed by atoms with Gasteiger partial charge in [-0.25, -0.2) is 4.79 Å². The van der Waals surface area contributed by atoms with Crippen molar-refractivity contribution in [3.63, 3.8) is 0 Å². The first kappa shape index (κ1) is 8.62. The molecule has 0 aromatic heterocycles. The predicted molar refractivity (Wildman–Crippen MR) is 45.2 cm³/mol. The molecule has 13 heavy (non-hydrogen) atoms. The molecule has 1 amide bonds. The summed E-state index contributed by atoms with van der Waals surface area (Å²) in [5.74, 6) is 0.677. The zero-order valence-corrected chi connectivity index (χ0v) is 7.48. The summed E-state index contributed by atoms with van der Waals surface area (Å²) in [5, 5.41) is 20.1. The number of hydrogen-bond acceptors (Lipinski definition) is 3. The van der Waals surface area contributed by atoms with E-state index in [-0.39, 0.29) is 11.1 Å². The first-order chi connectivity index (χ1) is 6.15. The zero-order chi connectivity index (χ0) is 9.59. The number of carboxylic acid groups (broad SMARTS) is 1. The molecule has 5 nitrogen and oxygen atoms in total. The van der Waals surface area contributed by atoms with E-state index in [0.29, 0.717) is 12.5 Å². The van der Waals surface area contributed by atoms with Crippen molar-refractivity contribution in [1.82, 2.24) is 4.90 Å². The van der Waals surface area contributed by atoms with Crippen molar-refractivity contribution in [3.05, 3.63) is 0 Å². The van der Waals surface area contributed by atoms with Gasteiger partial charge in [-0.3, -0.25) is 4.90 Å². The molecule has 1 heterocycles. The van der Waals surface area contributed by atoms with Gasteiger partial charge in [-0.2, -0.15) is 0 Å². The van der Waals surface area contributed by atoms with Gasteiger partial charge in [0.15, 0.2) is 5.17 Å². The first-order valence-corrected chi connectivity index (χ1v) is 4.40. The second-order valence-electron chi connectivity index (χ2n) is 3.46. The SMILES string of the molecule is O=C(O)N1C[C@H]2C[C@H]2[C@@H]1C(Cl)=NO. The predicted octanol–water partition coefficient (Wildman–Crippen LogP) is 1.01. The standard InChI is InChI=1S/C7H9ClN2O3/c8-6(9-13)5-4-1-3(4)2-10(5)7(11)12/h3-5,13H,1-2H2,(H,11,12)/t3-,4-,5-/m1/s1. The lowest BCUT2D eigenvalue weighted by molar-refractivity contribution is 0.143. The average Bonchev–Trinajstić information content (AvgIpc) is 2.76. The first-order valence-electron chi connectivity index (χ1n) is 4.02. The van der Waals surface area contributed by atoms with Crippen LogP contribution in [0.2, 0.25) is 0 Å². The van der Waals surface area contributed by atoms with Crippen molar-refractivity contribution >= 4 is 22.9 Å². The summed E-state index contributed by atoms with van der Waals surface area (Å²) in [7, 11) is 0. The second-order valence-corrected chi connectivity index (χ2v) is 3.85. The Hall–Kier alpha value is -0.970. The van der Waals surface area contributed by atoms with Crippen LogP contribution in [0, 0.1) is 11.8 Å². The van der Waals surface area contributed by atoms with Crippen LogP contribution < -0.4 is 0 Å². The summed E-state index contributed by atoms with van der Waals surface area (Å²) in [6.07, 6.45) is -0.0146. The van der Waals surface area contributed by atoms with Crippen LogP contribution >= 0.6 is 11.6 Å². The quantitative estimate of drug-likeness (QED) is 0.380. The van der Waals surface area contributed by atoms with E-state index in [1.54, 1.807) is 0 Å². The van der Waals surface area contributed by atoms with Gasteiger partial charge in [-0.05, 0) is 18.3 Å². The monoisotopic (exact) mass is 204 g/mol. The van der Waals surface area contributed by atoms with Gasteiger partial charge in [0.25, 0.3) is 0 Å². The minimum Gasteiger partial charge on any atom is -0.465 e. The van der Waals surface area contributed by atoms with Crippen LogP contribution in [0.5, 0.6) is 0 Å². The molecule has 3 atom stereocenters. The van der Waals surface area contributed by atoms with Gasteiger partial charge in [0.1, 0.15) is 0 Å². The average molecular weight is 205 g/mol. The highest BCUT2D eigenvalue weighted by molar-refractivity contribution is 6.66.